The average molecular weight is 262 g/mol. The van der Waals surface area contributed by atoms with Crippen molar-refractivity contribution < 1.29 is 9.90 Å². The zero-order valence-corrected chi connectivity index (χ0v) is 11.3. The molecular formula is C13H14N2O2S. The van der Waals surface area contributed by atoms with Gasteiger partial charge in [0.15, 0.2) is 0 Å². The van der Waals surface area contributed by atoms with Crippen LogP contribution >= 0.6 is 11.8 Å². The molecule has 0 aliphatic rings. The molecule has 0 bridgehead atoms. The van der Waals surface area contributed by atoms with Crippen molar-refractivity contribution in [2.24, 2.45) is 7.05 Å². The Morgan fingerprint density at radius 2 is 2.00 bits per heavy atom. The number of hydrogen-bond acceptors (Lipinski definition) is 3. The third-order valence-corrected chi connectivity index (χ3v) is 4.02. The van der Waals surface area contributed by atoms with Crippen molar-refractivity contribution in [3.8, 4) is 0 Å². The number of aromatic nitrogens is 2. The van der Waals surface area contributed by atoms with Gasteiger partial charge < -0.3 is 5.11 Å². The van der Waals surface area contributed by atoms with Crippen molar-refractivity contribution in [3.05, 3.63) is 41.1 Å². The molecule has 2 rings (SSSR count). The lowest BCUT2D eigenvalue weighted by Gasteiger charge is -2.06. The van der Waals surface area contributed by atoms with E-state index in [-0.39, 0.29) is 5.56 Å². The smallest absolute Gasteiger partial charge is 0.340 e. The van der Waals surface area contributed by atoms with Gasteiger partial charge >= 0.3 is 5.97 Å². The van der Waals surface area contributed by atoms with E-state index < -0.39 is 5.97 Å². The van der Waals surface area contributed by atoms with Crippen LogP contribution in [0.5, 0.6) is 0 Å². The Morgan fingerprint density at radius 3 is 2.61 bits per heavy atom. The summed E-state index contributed by atoms with van der Waals surface area (Å²) in [7, 11) is 1.76. The zero-order valence-electron chi connectivity index (χ0n) is 10.5. The lowest BCUT2D eigenvalue weighted by Crippen LogP contribution is -2.00. The summed E-state index contributed by atoms with van der Waals surface area (Å²) in [6.07, 6.45) is 0. The molecule has 1 aromatic carbocycles. The Balaban J connectivity index is 2.47. The Kier molecular flexibility index (Phi) is 3.43. The fourth-order valence-corrected chi connectivity index (χ4v) is 2.87. The van der Waals surface area contributed by atoms with Crippen LogP contribution in [0.3, 0.4) is 0 Å². The molecule has 0 saturated heterocycles. The minimum Gasteiger partial charge on any atom is -0.478 e. The second-order valence-electron chi connectivity index (χ2n) is 4.06. The van der Waals surface area contributed by atoms with Crippen molar-refractivity contribution >= 4 is 17.7 Å². The van der Waals surface area contributed by atoms with E-state index in [9.17, 15) is 9.90 Å². The first-order valence-electron chi connectivity index (χ1n) is 5.51. The molecule has 2 aromatic rings. The summed E-state index contributed by atoms with van der Waals surface area (Å²) in [4.78, 5) is 12.3. The fourth-order valence-electron chi connectivity index (χ4n) is 1.78. The van der Waals surface area contributed by atoms with Gasteiger partial charge in [-0.3, -0.25) is 4.68 Å². The lowest BCUT2D eigenvalue weighted by atomic mass is 10.2. The van der Waals surface area contributed by atoms with Crippen LogP contribution in [0.25, 0.3) is 0 Å². The van der Waals surface area contributed by atoms with Gasteiger partial charge in [0.2, 0.25) is 0 Å². The maximum Gasteiger partial charge on any atom is 0.340 e. The summed E-state index contributed by atoms with van der Waals surface area (Å²) in [6.45, 7) is 3.72. The van der Waals surface area contributed by atoms with Crippen molar-refractivity contribution in [1.82, 2.24) is 9.78 Å². The molecule has 94 valence electrons. The average Bonchev–Trinajstić information content (AvgIpc) is 2.57. The predicted molar refractivity (Wildman–Crippen MR) is 70.2 cm³/mol. The minimum atomic E-state index is -0.934. The highest BCUT2D eigenvalue weighted by atomic mass is 32.2. The molecule has 0 amide bonds. The summed E-state index contributed by atoms with van der Waals surface area (Å²) < 4.78 is 1.62. The minimum absolute atomic E-state index is 0.283. The highest BCUT2D eigenvalue weighted by Gasteiger charge is 2.20. The first kappa shape index (κ1) is 12.7. The van der Waals surface area contributed by atoms with E-state index >= 15 is 0 Å². The molecule has 0 fully saturated rings. The highest BCUT2D eigenvalue weighted by molar-refractivity contribution is 7.99. The summed E-state index contributed by atoms with van der Waals surface area (Å²) in [6, 6.07) is 7.89. The monoisotopic (exact) mass is 262 g/mol. The second kappa shape index (κ2) is 4.86. The standard InChI is InChI=1S/C13H14N2O2S/c1-8-6-4-5-7-10(8)18-12-11(13(16)17)9(2)14-15(12)3/h4-7H,1-3H3,(H,16,17). The molecule has 4 nitrogen and oxygen atoms in total. The van der Waals surface area contributed by atoms with Crippen molar-refractivity contribution in [1.29, 1.82) is 0 Å². The maximum atomic E-state index is 11.3. The second-order valence-corrected chi connectivity index (χ2v) is 5.09. The Morgan fingerprint density at radius 1 is 1.33 bits per heavy atom. The number of benzene rings is 1. The van der Waals surface area contributed by atoms with Crippen LogP contribution in [-0.2, 0) is 7.05 Å². The number of nitrogens with zero attached hydrogens (tertiary/aromatic N) is 2. The number of aromatic carboxylic acids is 1. The van der Waals surface area contributed by atoms with Crippen LogP contribution < -0.4 is 0 Å². The van der Waals surface area contributed by atoms with E-state index in [1.165, 1.54) is 11.8 Å². The van der Waals surface area contributed by atoms with Gasteiger partial charge in [-0.15, -0.1) is 0 Å². The molecule has 0 radical (unpaired) electrons. The van der Waals surface area contributed by atoms with Crippen LogP contribution in [0.2, 0.25) is 0 Å². The van der Waals surface area contributed by atoms with Gasteiger partial charge in [0, 0.05) is 11.9 Å². The Bertz CT molecular complexity index is 605. The van der Waals surface area contributed by atoms with Gasteiger partial charge in [-0.05, 0) is 25.5 Å². The predicted octanol–water partition coefficient (Wildman–Crippen LogP) is 2.89. The third-order valence-electron chi connectivity index (χ3n) is 2.68. The quantitative estimate of drug-likeness (QED) is 0.924. The van der Waals surface area contributed by atoms with E-state index in [0.29, 0.717) is 10.7 Å². The van der Waals surface area contributed by atoms with Crippen LogP contribution in [0.15, 0.2) is 34.2 Å². The summed E-state index contributed by atoms with van der Waals surface area (Å²) >= 11 is 1.44. The molecule has 0 spiro atoms. The zero-order chi connectivity index (χ0) is 13.3. The number of hydrogen-bond donors (Lipinski definition) is 1. The van der Waals surface area contributed by atoms with Gasteiger partial charge in [0.05, 0.1) is 5.69 Å². The Labute approximate surface area is 110 Å². The summed E-state index contributed by atoms with van der Waals surface area (Å²) in [5.41, 5.74) is 1.95. The van der Waals surface area contributed by atoms with Gasteiger partial charge in [-0.25, -0.2) is 4.79 Å². The van der Waals surface area contributed by atoms with Crippen LogP contribution in [-0.4, -0.2) is 20.9 Å². The highest BCUT2D eigenvalue weighted by Crippen LogP contribution is 2.33. The van der Waals surface area contributed by atoms with E-state index in [0.717, 1.165) is 10.5 Å². The van der Waals surface area contributed by atoms with E-state index in [1.807, 2.05) is 31.2 Å². The summed E-state index contributed by atoms with van der Waals surface area (Å²) in [5, 5.41) is 14.1. The molecular weight excluding hydrogens is 248 g/mol. The van der Waals surface area contributed by atoms with Crippen LogP contribution in [0.1, 0.15) is 21.6 Å². The van der Waals surface area contributed by atoms with E-state index in [4.69, 9.17) is 0 Å². The van der Waals surface area contributed by atoms with Crippen LogP contribution in [0, 0.1) is 13.8 Å². The Hall–Kier alpha value is -1.75. The number of carbonyl (C=O) groups is 1. The largest absolute Gasteiger partial charge is 0.478 e. The fraction of sp³-hybridized carbons (Fsp3) is 0.231. The topological polar surface area (TPSA) is 55.1 Å². The van der Waals surface area contributed by atoms with Gasteiger partial charge in [0.25, 0.3) is 0 Å². The van der Waals surface area contributed by atoms with E-state index in [1.54, 1.807) is 18.7 Å². The molecule has 0 aliphatic carbocycles. The van der Waals surface area contributed by atoms with Crippen molar-refractivity contribution in [2.75, 3.05) is 0 Å². The number of carboxylic acids is 1. The molecule has 1 heterocycles. The molecule has 18 heavy (non-hydrogen) atoms. The molecule has 0 aliphatic heterocycles. The van der Waals surface area contributed by atoms with Gasteiger partial charge in [0.1, 0.15) is 10.6 Å². The number of carboxylic acid groups (broad SMARTS) is 1. The molecule has 0 unspecified atom stereocenters. The normalized spacial score (nSPS) is 10.6. The summed E-state index contributed by atoms with van der Waals surface area (Å²) in [5.74, 6) is -0.934. The molecule has 0 saturated carbocycles. The first-order chi connectivity index (χ1) is 8.50. The number of aryl methyl sites for hydroxylation is 3. The van der Waals surface area contributed by atoms with Crippen LogP contribution in [0.4, 0.5) is 0 Å². The lowest BCUT2D eigenvalue weighted by molar-refractivity contribution is 0.0692. The molecule has 1 N–H and O–H groups in total. The molecule has 1 aromatic heterocycles. The van der Waals surface area contributed by atoms with Crippen molar-refractivity contribution in [2.45, 2.75) is 23.8 Å². The van der Waals surface area contributed by atoms with Gasteiger partial charge in [-0.2, -0.15) is 5.10 Å². The van der Waals surface area contributed by atoms with Gasteiger partial charge in [-0.1, -0.05) is 30.0 Å². The van der Waals surface area contributed by atoms with E-state index in [2.05, 4.69) is 5.10 Å². The SMILES string of the molecule is Cc1ccccc1Sc1c(C(=O)O)c(C)nn1C. The number of rotatable bonds is 3. The molecule has 0 atom stereocenters. The third kappa shape index (κ3) is 2.26. The maximum absolute atomic E-state index is 11.3. The first-order valence-corrected chi connectivity index (χ1v) is 6.32. The molecule has 5 heteroatoms. The van der Waals surface area contributed by atoms with Crippen molar-refractivity contribution in [3.63, 3.8) is 0 Å².